The number of alkyl halides is 1. The van der Waals surface area contributed by atoms with Crippen molar-refractivity contribution in [1.29, 1.82) is 0 Å². The Kier molecular flexibility index (Phi) is 5.13. The lowest BCUT2D eigenvalue weighted by atomic mass is 9.96. The number of allylic oxidation sites excluding steroid dienone is 2. The second-order valence-electron chi connectivity index (χ2n) is 3.38. The van der Waals surface area contributed by atoms with E-state index >= 15 is 0 Å². The lowest BCUT2D eigenvalue weighted by molar-refractivity contribution is -0.112. The Labute approximate surface area is 95.8 Å². The molecular formula is C13H15ClO. The molecule has 1 rings (SSSR count). The fourth-order valence-corrected chi connectivity index (χ4v) is 1.54. The SMILES string of the molecule is CCC(/C=C/C(=O)CCl)c1ccccc1. The monoisotopic (exact) mass is 222 g/mol. The summed E-state index contributed by atoms with van der Waals surface area (Å²) in [6.45, 7) is 2.10. The van der Waals surface area contributed by atoms with Gasteiger partial charge >= 0.3 is 0 Å². The Morgan fingerprint density at radius 2 is 2.07 bits per heavy atom. The molecule has 1 atom stereocenters. The van der Waals surface area contributed by atoms with Crippen molar-refractivity contribution in [2.75, 3.05) is 5.88 Å². The van der Waals surface area contributed by atoms with Gasteiger partial charge in [0.2, 0.25) is 0 Å². The topological polar surface area (TPSA) is 17.1 Å². The normalized spacial score (nSPS) is 12.9. The standard InChI is InChI=1S/C13H15ClO/c1-2-11(8-9-13(15)10-14)12-6-4-3-5-7-12/h3-9,11H,2,10H2,1H3/b9-8+. The molecule has 80 valence electrons. The van der Waals surface area contributed by atoms with Crippen LogP contribution in [0.1, 0.15) is 24.8 Å². The van der Waals surface area contributed by atoms with Gasteiger partial charge in [-0.3, -0.25) is 4.79 Å². The Balaban J connectivity index is 2.73. The molecule has 0 N–H and O–H groups in total. The van der Waals surface area contributed by atoms with Gasteiger partial charge in [0.1, 0.15) is 0 Å². The van der Waals surface area contributed by atoms with Gasteiger partial charge in [-0.15, -0.1) is 11.6 Å². The third-order valence-electron chi connectivity index (χ3n) is 2.31. The van der Waals surface area contributed by atoms with E-state index in [1.165, 1.54) is 5.56 Å². The van der Waals surface area contributed by atoms with Crippen molar-refractivity contribution in [1.82, 2.24) is 0 Å². The number of rotatable bonds is 5. The summed E-state index contributed by atoms with van der Waals surface area (Å²) in [6, 6.07) is 10.2. The fourth-order valence-electron chi connectivity index (χ4n) is 1.45. The second-order valence-corrected chi connectivity index (χ2v) is 3.65. The van der Waals surface area contributed by atoms with E-state index in [2.05, 4.69) is 19.1 Å². The Bertz CT molecular complexity index is 330. The summed E-state index contributed by atoms with van der Waals surface area (Å²) in [6.07, 6.45) is 4.49. The number of hydrogen-bond acceptors (Lipinski definition) is 1. The van der Waals surface area contributed by atoms with Crippen molar-refractivity contribution in [2.45, 2.75) is 19.3 Å². The zero-order valence-corrected chi connectivity index (χ0v) is 9.58. The molecule has 15 heavy (non-hydrogen) atoms. The molecule has 1 unspecified atom stereocenters. The second kappa shape index (κ2) is 6.41. The Morgan fingerprint density at radius 3 is 2.60 bits per heavy atom. The molecule has 1 aromatic carbocycles. The van der Waals surface area contributed by atoms with Crippen LogP contribution in [0.5, 0.6) is 0 Å². The van der Waals surface area contributed by atoms with Crippen LogP contribution >= 0.6 is 11.6 Å². The zero-order chi connectivity index (χ0) is 11.1. The molecule has 0 fully saturated rings. The smallest absolute Gasteiger partial charge is 0.170 e. The number of hydrogen-bond donors (Lipinski definition) is 0. The minimum Gasteiger partial charge on any atom is -0.294 e. The lowest BCUT2D eigenvalue weighted by Gasteiger charge is -2.09. The van der Waals surface area contributed by atoms with Crippen LogP contribution in [-0.4, -0.2) is 11.7 Å². The van der Waals surface area contributed by atoms with E-state index in [-0.39, 0.29) is 11.7 Å². The highest BCUT2D eigenvalue weighted by atomic mass is 35.5. The molecule has 2 heteroatoms. The first-order chi connectivity index (χ1) is 7.27. The quantitative estimate of drug-likeness (QED) is 0.550. The average molecular weight is 223 g/mol. The highest BCUT2D eigenvalue weighted by Crippen LogP contribution is 2.20. The largest absolute Gasteiger partial charge is 0.294 e. The van der Waals surface area contributed by atoms with E-state index in [4.69, 9.17) is 11.6 Å². The Morgan fingerprint density at radius 1 is 1.40 bits per heavy atom. The van der Waals surface area contributed by atoms with E-state index < -0.39 is 0 Å². The minimum atomic E-state index is -0.0361. The number of halogens is 1. The third kappa shape index (κ3) is 3.88. The average Bonchev–Trinajstić information content (AvgIpc) is 2.31. The summed E-state index contributed by atoms with van der Waals surface area (Å²) in [7, 11) is 0. The van der Waals surface area contributed by atoms with Crippen molar-refractivity contribution < 1.29 is 4.79 Å². The lowest BCUT2D eigenvalue weighted by Crippen LogP contribution is -1.97. The molecular weight excluding hydrogens is 208 g/mol. The number of carbonyl (C=O) groups excluding carboxylic acids is 1. The summed E-state index contributed by atoms with van der Waals surface area (Å²) in [5, 5.41) is 0. The van der Waals surface area contributed by atoms with Crippen LogP contribution in [0.15, 0.2) is 42.5 Å². The molecule has 0 aromatic heterocycles. The van der Waals surface area contributed by atoms with E-state index in [1.807, 2.05) is 24.3 Å². The van der Waals surface area contributed by atoms with E-state index in [1.54, 1.807) is 6.08 Å². The molecule has 0 saturated heterocycles. The summed E-state index contributed by atoms with van der Waals surface area (Å²) in [5.41, 5.74) is 1.23. The van der Waals surface area contributed by atoms with Crippen molar-refractivity contribution in [3.05, 3.63) is 48.0 Å². The summed E-state index contributed by atoms with van der Waals surface area (Å²) >= 11 is 5.42. The molecule has 0 aliphatic heterocycles. The maximum atomic E-state index is 11.0. The van der Waals surface area contributed by atoms with Gasteiger partial charge in [-0.05, 0) is 18.1 Å². The van der Waals surface area contributed by atoms with Crippen LogP contribution in [0.2, 0.25) is 0 Å². The molecule has 0 spiro atoms. The van der Waals surface area contributed by atoms with Crippen LogP contribution in [0.25, 0.3) is 0 Å². The first kappa shape index (κ1) is 12.0. The molecule has 0 aliphatic carbocycles. The van der Waals surface area contributed by atoms with Crippen molar-refractivity contribution in [3.63, 3.8) is 0 Å². The first-order valence-electron chi connectivity index (χ1n) is 5.09. The van der Waals surface area contributed by atoms with Gasteiger partial charge in [0.25, 0.3) is 0 Å². The van der Waals surface area contributed by atoms with Crippen LogP contribution < -0.4 is 0 Å². The first-order valence-corrected chi connectivity index (χ1v) is 5.63. The molecule has 1 aromatic rings. The summed E-state index contributed by atoms with van der Waals surface area (Å²) < 4.78 is 0. The van der Waals surface area contributed by atoms with Crippen LogP contribution in [0, 0.1) is 0 Å². The van der Waals surface area contributed by atoms with Crippen LogP contribution in [-0.2, 0) is 4.79 Å². The Hall–Kier alpha value is -1.08. The summed E-state index contributed by atoms with van der Waals surface area (Å²) in [4.78, 5) is 11.0. The van der Waals surface area contributed by atoms with Gasteiger partial charge in [-0.1, -0.05) is 43.3 Å². The molecule has 0 aliphatic rings. The van der Waals surface area contributed by atoms with E-state index in [0.29, 0.717) is 5.92 Å². The van der Waals surface area contributed by atoms with Crippen molar-refractivity contribution >= 4 is 17.4 Å². The predicted molar refractivity (Wildman–Crippen MR) is 64.3 cm³/mol. The van der Waals surface area contributed by atoms with Gasteiger partial charge < -0.3 is 0 Å². The van der Waals surface area contributed by atoms with Gasteiger partial charge in [0.15, 0.2) is 5.78 Å². The molecule has 0 bridgehead atoms. The minimum absolute atomic E-state index is 0.0361. The van der Waals surface area contributed by atoms with Crippen molar-refractivity contribution in [3.8, 4) is 0 Å². The molecule has 0 saturated carbocycles. The van der Waals surface area contributed by atoms with Gasteiger partial charge in [0, 0.05) is 5.92 Å². The van der Waals surface area contributed by atoms with E-state index in [0.717, 1.165) is 6.42 Å². The fraction of sp³-hybridized carbons (Fsp3) is 0.308. The van der Waals surface area contributed by atoms with Gasteiger partial charge in [-0.25, -0.2) is 0 Å². The van der Waals surface area contributed by atoms with Crippen LogP contribution in [0.4, 0.5) is 0 Å². The van der Waals surface area contributed by atoms with Crippen molar-refractivity contribution in [2.24, 2.45) is 0 Å². The zero-order valence-electron chi connectivity index (χ0n) is 8.82. The number of carbonyl (C=O) groups is 1. The number of benzene rings is 1. The summed E-state index contributed by atoms with van der Waals surface area (Å²) in [5.74, 6) is 0.325. The molecule has 1 nitrogen and oxygen atoms in total. The highest BCUT2D eigenvalue weighted by molar-refractivity contribution is 6.29. The highest BCUT2D eigenvalue weighted by Gasteiger charge is 2.04. The maximum Gasteiger partial charge on any atom is 0.170 e. The maximum absolute atomic E-state index is 11.0. The molecule has 0 amide bonds. The predicted octanol–water partition coefficient (Wildman–Crippen LogP) is 3.54. The third-order valence-corrected chi connectivity index (χ3v) is 2.58. The van der Waals surface area contributed by atoms with Crippen LogP contribution in [0.3, 0.4) is 0 Å². The van der Waals surface area contributed by atoms with Gasteiger partial charge in [-0.2, -0.15) is 0 Å². The van der Waals surface area contributed by atoms with E-state index in [9.17, 15) is 4.79 Å². The molecule has 0 radical (unpaired) electrons. The van der Waals surface area contributed by atoms with Gasteiger partial charge in [0.05, 0.1) is 5.88 Å². The molecule has 0 heterocycles. The number of ketones is 1.